The first-order chi connectivity index (χ1) is 8.56. The van der Waals surface area contributed by atoms with Gasteiger partial charge in [0.1, 0.15) is 17.6 Å². The lowest BCUT2D eigenvalue weighted by molar-refractivity contribution is -0.146. The Morgan fingerprint density at radius 1 is 1.44 bits per heavy atom. The summed E-state index contributed by atoms with van der Waals surface area (Å²) in [5.41, 5.74) is 0. The first-order valence-electron chi connectivity index (χ1n) is 6.64. The van der Waals surface area contributed by atoms with Gasteiger partial charge in [-0.05, 0) is 32.6 Å². The lowest BCUT2D eigenvalue weighted by Gasteiger charge is -2.19. The SMILES string of the molecule is CCOC(=O)C(c1nnc(C)n1C1CC1)C(C)C. The summed E-state index contributed by atoms with van der Waals surface area (Å²) in [6, 6.07) is 0.477. The fourth-order valence-electron chi connectivity index (χ4n) is 2.29. The van der Waals surface area contributed by atoms with Gasteiger partial charge in [-0.1, -0.05) is 13.8 Å². The van der Waals surface area contributed by atoms with Gasteiger partial charge >= 0.3 is 5.97 Å². The molecule has 1 aromatic rings. The largest absolute Gasteiger partial charge is 0.465 e. The van der Waals surface area contributed by atoms with Gasteiger partial charge in [0.2, 0.25) is 0 Å². The molecule has 0 amide bonds. The standard InChI is InChI=1S/C13H21N3O2/c1-5-18-13(17)11(8(2)3)12-15-14-9(4)16(12)10-6-7-10/h8,10-11H,5-7H2,1-4H3. The summed E-state index contributed by atoms with van der Waals surface area (Å²) < 4.78 is 7.28. The fraction of sp³-hybridized carbons (Fsp3) is 0.769. The number of esters is 1. The maximum atomic E-state index is 12.1. The number of nitrogens with zero attached hydrogens (tertiary/aromatic N) is 3. The second-order valence-electron chi connectivity index (χ2n) is 5.18. The van der Waals surface area contributed by atoms with Crippen molar-refractivity contribution in [2.75, 3.05) is 6.61 Å². The van der Waals surface area contributed by atoms with Gasteiger partial charge < -0.3 is 9.30 Å². The summed E-state index contributed by atoms with van der Waals surface area (Å²) in [6.45, 7) is 8.20. The third-order valence-electron chi connectivity index (χ3n) is 3.29. The number of hydrogen-bond donors (Lipinski definition) is 0. The molecule has 1 heterocycles. The molecular weight excluding hydrogens is 230 g/mol. The van der Waals surface area contributed by atoms with Gasteiger partial charge in [-0.2, -0.15) is 0 Å². The van der Waals surface area contributed by atoms with Gasteiger partial charge in [-0.25, -0.2) is 0 Å². The fourth-order valence-corrected chi connectivity index (χ4v) is 2.29. The van der Waals surface area contributed by atoms with Crippen molar-refractivity contribution < 1.29 is 9.53 Å². The molecule has 1 atom stereocenters. The number of aryl methyl sites for hydroxylation is 1. The van der Waals surface area contributed by atoms with Gasteiger partial charge in [-0.15, -0.1) is 10.2 Å². The van der Waals surface area contributed by atoms with Gasteiger partial charge in [0, 0.05) is 6.04 Å². The summed E-state index contributed by atoms with van der Waals surface area (Å²) in [5, 5.41) is 8.34. The van der Waals surface area contributed by atoms with Crippen LogP contribution in [-0.2, 0) is 9.53 Å². The second kappa shape index (κ2) is 5.08. The van der Waals surface area contributed by atoms with Crippen LogP contribution in [0, 0.1) is 12.8 Å². The van der Waals surface area contributed by atoms with Crippen LogP contribution < -0.4 is 0 Å². The molecule has 5 heteroatoms. The molecule has 0 saturated heterocycles. The van der Waals surface area contributed by atoms with Crippen LogP contribution in [0.5, 0.6) is 0 Å². The molecule has 1 aliphatic rings. The van der Waals surface area contributed by atoms with Crippen molar-refractivity contribution in [1.82, 2.24) is 14.8 Å². The smallest absolute Gasteiger partial charge is 0.316 e. The number of ether oxygens (including phenoxy) is 1. The molecule has 0 aliphatic heterocycles. The predicted molar refractivity (Wildman–Crippen MR) is 67.2 cm³/mol. The molecule has 0 radical (unpaired) electrons. The predicted octanol–water partition coefficient (Wildman–Crippen LogP) is 2.22. The number of hydrogen-bond acceptors (Lipinski definition) is 4. The van der Waals surface area contributed by atoms with E-state index < -0.39 is 0 Å². The first kappa shape index (κ1) is 13.1. The number of carbonyl (C=O) groups excluding carboxylic acids is 1. The average Bonchev–Trinajstić information content (AvgIpc) is 3.05. The van der Waals surface area contributed by atoms with Crippen LogP contribution in [0.25, 0.3) is 0 Å². The quantitative estimate of drug-likeness (QED) is 0.753. The molecule has 0 spiro atoms. The van der Waals surface area contributed by atoms with E-state index in [-0.39, 0.29) is 17.8 Å². The highest BCUT2D eigenvalue weighted by molar-refractivity contribution is 5.77. The van der Waals surface area contributed by atoms with Crippen LogP contribution in [0.15, 0.2) is 0 Å². The Labute approximate surface area is 108 Å². The van der Waals surface area contributed by atoms with Gasteiger partial charge in [-0.3, -0.25) is 4.79 Å². The van der Waals surface area contributed by atoms with Crippen molar-refractivity contribution in [2.24, 2.45) is 5.92 Å². The minimum Gasteiger partial charge on any atom is -0.465 e. The molecule has 1 aliphatic carbocycles. The Morgan fingerprint density at radius 2 is 2.11 bits per heavy atom. The summed E-state index contributed by atoms with van der Waals surface area (Å²) >= 11 is 0. The topological polar surface area (TPSA) is 57.0 Å². The zero-order valence-electron chi connectivity index (χ0n) is 11.5. The zero-order valence-corrected chi connectivity index (χ0v) is 11.5. The maximum Gasteiger partial charge on any atom is 0.316 e. The van der Waals surface area contributed by atoms with Gasteiger partial charge in [0.15, 0.2) is 0 Å². The molecule has 1 saturated carbocycles. The van der Waals surface area contributed by atoms with E-state index >= 15 is 0 Å². The average molecular weight is 251 g/mol. The van der Waals surface area contributed by atoms with Crippen LogP contribution in [0.1, 0.15) is 57.2 Å². The van der Waals surface area contributed by atoms with Crippen molar-refractivity contribution in [3.05, 3.63) is 11.6 Å². The lowest BCUT2D eigenvalue weighted by atomic mass is 9.95. The van der Waals surface area contributed by atoms with E-state index in [1.807, 2.05) is 27.7 Å². The van der Waals surface area contributed by atoms with Crippen LogP contribution in [0.3, 0.4) is 0 Å². The molecule has 0 N–H and O–H groups in total. The Morgan fingerprint density at radius 3 is 2.61 bits per heavy atom. The third-order valence-corrected chi connectivity index (χ3v) is 3.29. The zero-order chi connectivity index (χ0) is 13.3. The van der Waals surface area contributed by atoms with E-state index in [0.29, 0.717) is 12.6 Å². The van der Waals surface area contributed by atoms with Crippen LogP contribution in [0.2, 0.25) is 0 Å². The third kappa shape index (κ3) is 2.40. The maximum absolute atomic E-state index is 12.1. The van der Waals surface area contributed by atoms with Crippen molar-refractivity contribution in [3.8, 4) is 0 Å². The second-order valence-corrected chi connectivity index (χ2v) is 5.18. The minimum atomic E-state index is -0.313. The van der Waals surface area contributed by atoms with E-state index in [2.05, 4.69) is 14.8 Å². The summed E-state index contributed by atoms with van der Waals surface area (Å²) in [6.07, 6.45) is 2.30. The number of carbonyl (C=O) groups is 1. The Hall–Kier alpha value is -1.39. The molecule has 100 valence electrons. The molecule has 1 aromatic heterocycles. The molecule has 2 rings (SSSR count). The van der Waals surface area contributed by atoms with Crippen molar-refractivity contribution in [3.63, 3.8) is 0 Å². The highest BCUT2D eigenvalue weighted by Crippen LogP contribution is 2.39. The van der Waals surface area contributed by atoms with Crippen LogP contribution >= 0.6 is 0 Å². The van der Waals surface area contributed by atoms with E-state index in [1.54, 1.807) is 0 Å². The van der Waals surface area contributed by atoms with Crippen LogP contribution in [-0.4, -0.2) is 27.3 Å². The highest BCUT2D eigenvalue weighted by atomic mass is 16.5. The van der Waals surface area contributed by atoms with Crippen LogP contribution in [0.4, 0.5) is 0 Å². The van der Waals surface area contributed by atoms with Crippen molar-refractivity contribution in [2.45, 2.75) is 52.5 Å². The number of aromatic nitrogens is 3. The summed E-state index contributed by atoms with van der Waals surface area (Å²) in [4.78, 5) is 12.1. The highest BCUT2D eigenvalue weighted by Gasteiger charge is 2.36. The summed E-state index contributed by atoms with van der Waals surface area (Å²) in [5.74, 6) is 1.31. The Balaban J connectivity index is 2.33. The molecular formula is C13H21N3O2. The monoisotopic (exact) mass is 251 g/mol. The van der Waals surface area contributed by atoms with Gasteiger partial charge in [0.25, 0.3) is 0 Å². The van der Waals surface area contributed by atoms with E-state index in [0.717, 1.165) is 24.5 Å². The first-order valence-corrected chi connectivity index (χ1v) is 6.64. The van der Waals surface area contributed by atoms with Crippen molar-refractivity contribution in [1.29, 1.82) is 0 Å². The molecule has 5 nitrogen and oxygen atoms in total. The summed E-state index contributed by atoms with van der Waals surface area (Å²) in [7, 11) is 0. The van der Waals surface area contributed by atoms with Gasteiger partial charge in [0.05, 0.1) is 6.61 Å². The molecule has 1 unspecified atom stereocenters. The molecule has 18 heavy (non-hydrogen) atoms. The molecule has 0 aromatic carbocycles. The Bertz CT molecular complexity index is 435. The normalized spacial score (nSPS) is 16.9. The van der Waals surface area contributed by atoms with E-state index in [1.165, 1.54) is 0 Å². The van der Waals surface area contributed by atoms with Crippen molar-refractivity contribution >= 4 is 5.97 Å². The minimum absolute atomic E-state index is 0.158. The molecule has 1 fully saturated rings. The number of rotatable bonds is 5. The van der Waals surface area contributed by atoms with E-state index in [9.17, 15) is 4.79 Å². The Kier molecular flexibility index (Phi) is 3.68. The van der Waals surface area contributed by atoms with E-state index in [4.69, 9.17) is 4.74 Å². The lowest BCUT2D eigenvalue weighted by Crippen LogP contribution is -2.24. The molecule has 0 bridgehead atoms.